The third kappa shape index (κ3) is 3.49. The van der Waals surface area contributed by atoms with E-state index >= 15 is 0 Å². The van der Waals surface area contributed by atoms with Gasteiger partial charge in [0.05, 0.1) is 11.4 Å². The lowest BCUT2D eigenvalue weighted by Crippen LogP contribution is -2.39. The Morgan fingerprint density at radius 3 is 2.89 bits per heavy atom. The first-order valence-corrected chi connectivity index (χ1v) is 9.74. The van der Waals surface area contributed by atoms with Gasteiger partial charge in [0.25, 0.3) is 5.56 Å². The van der Waals surface area contributed by atoms with Crippen LogP contribution in [0.15, 0.2) is 47.4 Å². The Kier molecular flexibility index (Phi) is 4.98. The number of piperidine rings is 1. The van der Waals surface area contributed by atoms with Gasteiger partial charge in [0.15, 0.2) is 0 Å². The van der Waals surface area contributed by atoms with Crippen LogP contribution in [-0.2, 0) is 0 Å². The number of hydrogen-bond donors (Lipinski definition) is 0. The molecule has 2 unspecified atom stereocenters. The van der Waals surface area contributed by atoms with Gasteiger partial charge < -0.3 is 4.90 Å². The smallest absolute Gasteiger partial charge is 0.276 e. The monoisotopic (exact) mass is 382 g/mol. The van der Waals surface area contributed by atoms with E-state index in [1.54, 1.807) is 16.9 Å². The van der Waals surface area contributed by atoms with Gasteiger partial charge in [-0.25, -0.2) is 4.68 Å². The van der Waals surface area contributed by atoms with E-state index in [4.69, 9.17) is 16.7 Å². The fourth-order valence-corrected chi connectivity index (χ4v) is 4.19. The van der Waals surface area contributed by atoms with Gasteiger partial charge >= 0.3 is 0 Å². The largest absolute Gasteiger partial charge is 0.306 e. The molecule has 6 heteroatoms. The van der Waals surface area contributed by atoms with Gasteiger partial charge in [-0.15, -0.1) is 0 Å². The molecule has 0 amide bonds. The van der Waals surface area contributed by atoms with Crippen molar-refractivity contribution in [2.24, 2.45) is 5.92 Å². The Labute approximate surface area is 163 Å². The molecule has 1 saturated heterocycles. The molecule has 2 aromatic heterocycles. The quantitative estimate of drug-likeness (QED) is 0.686. The summed E-state index contributed by atoms with van der Waals surface area (Å²) in [4.78, 5) is 19.9. The Balaban J connectivity index is 1.89. The maximum absolute atomic E-state index is 13.2. The van der Waals surface area contributed by atoms with Gasteiger partial charge in [-0.05, 0) is 63.5 Å². The lowest BCUT2D eigenvalue weighted by molar-refractivity contribution is 0.160. The molecule has 3 aromatic rings. The number of fused-ring (bicyclic) bond motifs is 1. The molecular weight excluding hydrogens is 360 g/mol. The molecule has 0 bridgehead atoms. The van der Waals surface area contributed by atoms with E-state index in [9.17, 15) is 4.79 Å². The molecule has 0 aliphatic carbocycles. The van der Waals surface area contributed by atoms with E-state index in [2.05, 4.69) is 23.9 Å². The standard InChI is InChI=1S/C21H23ClN4O/c1-14(16-7-5-11-25(2)13-16)26-21(27)18-9-4-10-23-20(18)19(24-26)15-6-3-8-17(22)12-15/h3-4,6,8-10,12,14,16H,5,7,11,13H2,1-2H3. The summed E-state index contributed by atoms with van der Waals surface area (Å²) in [5.74, 6) is 0.398. The van der Waals surface area contributed by atoms with Gasteiger partial charge in [-0.2, -0.15) is 5.10 Å². The molecule has 0 spiro atoms. The van der Waals surface area contributed by atoms with Crippen LogP contribution in [0.1, 0.15) is 25.8 Å². The molecule has 27 heavy (non-hydrogen) atoms. The van der Waals surface area contributed by atoms with Gasteiger partial charge in [0.2, 0.25) is 0 Å². The Morgan fingerprint density at radius 1 is 1.26 bits per heavy atom. The molecule has 5 nitrogen and oxygen atoms in total. The highest BCUT2D eigenvalue weighted by Gasteiger charge is 2.26. The number of hydrogen-bond acceptors (Lipinski definition) is 4. The number of nitrogens with zero attached hydrogens (tertiary/aromatic N) is 4. The van der Waals surface area contributed by atoms with E-state index in [0.717, 1.165) is 31.5 Å². The zero-order chi connectivity index (χ0) is 19.0. The average Bonchev–Trinajstić information content (AvgIpc) is 2.68. The Morgan fingerprint density at radius 2 is 2.11 bits per heavy atom. The van der Waals surface area contributed by atoms with Crippen molar-refractivity contribution in [1.29, 1.82) is 0 Å². The maximum Gasteiger partial charge on any atom is 0.276 e. The topological polar surface area (TPSA) is 51.0 Å². The lowest BCUT2D eigenvalue weighted by atomic mass is 9.92. The third-order valence-corrected chi connectivity index (χ3v) is 5.74. The van der Waals surface area contributed by atoms with Crippen molar-refractivity contribution in [1.82, 2.24) is 19.7 Å². The van der Waals surface area contributed by atoms with Crippen molar-refractivity contribution in [3.63, 3.8) is 0 Å². The Bertz CT molecular complexity index is 1030. The van der Waals surface area contributed by atoms with Gasteiger partial charge in [0, 0.05) is 23.3 Å². The molecule has 1 aromatic carbocycles. The van der Waals surface area contributed by atoms with Crippen LogP contribution in [-0.4, -0.2) is 39.8 Å². The minimum atomic E-state index is -0.0791. The number of aromatic nitrogens is 3. The van der Waals surface area contributed by atoms with E-state index in [0.29, 0.717) is 27.5 Å². The van der Waals surface area contributed by atoms with Crippen molar-refractivity contribution >= 4 is 22.5 Å². The SMILES string of the molecule is CC(C1CCCN(C)C1)n1nc(-c2cccc(Cl)c2)c2ncccc2c1=O. The summed E-state index contributed by atoms with van der Waals surface area (Å²) in [6.07, 6.45) is 3.95. The number of likely N-dealkylation sites (tertiary alicyclic amines) is 1. The van der Waals surface area contributed by atoms with E-state index < -0.39 is 0 Å². The molecule has 4 rings (SSSR count). The van der Waals surface area contributed by atoms with Crippen molar-refractivity contribution in [3.05, 3.63) is 58.0 Å². The summed E-state index contributed by atoms with van der Waals surface area (Å²) in [6, 6.07) is 11.2. The van der Waals surface area contributed by atoms with Crippen LogP contribution in [0.2, 0.25) is 5.02 Å². The van der Waals surface area contributed by atoms with Crippen molar-refractivity contribution < 1.29 is 0 Å². The van der Waals surface area contributed by atoms with Crippen LogP contribution in [0.4, 0.5) is 0 Å². The number of benzene rings is 1. The van der Waals surface area contributed by atoms with Crippen LogP contribution in [0.5, 0.6) is 0 Å². The second kappa shape index (κ2) is 7.41. The highest BCUT2D eigenvalue weighted by Crippen LogP contribution is 2.29. The van der Waals surface area contributed by atoms with Gasteiger partial charge in [-0.3, -0.25) is 9.78 Å². The third-order valence-electron chi connectivity index (χ3n) is 5.51. The van der Waals surface area contributed by atoms with Gasteiger partial charge in [0.1, 0.15) is 11.2 Å². The van der Waals surface area contributed by atoms with Crippen LogP contribution in [0.25, 0.3) is 22.2 Å². The highest BCUT2D eigenvalue weighted by atomic mass is 35.5. The second-order valence-electron chi connectivity index (χ2n) is 7.41. The summed E-state index contributed by atoms with van der Waals surface area (Å²) in [5.41, 5.74) is 2.11. The molecule has 2 atom stereocenters. The predicted octanol–water partition coefficient (Wildman–Crippen LogP) is 4.01. The summed E-state index contributed by atoms with van der Waals surface area (Å²) in [5, 5.41) is 6.01. The van der Waals surface area contributed by atoms with E-state index in [1.165, 1.54) is 0 Å². The fourth-order valence-electron chi connectivity index (χ4n) is 4.00. The van der Waals surface area contributed by atoms with Crippen LogP contribution in [0.3, 0.4) is 0 Å². The van der Waals surface area contributed by atoms with E-state index in [1.807, 2.05) is 30.3 Å². The normalized spacial score (nSPS) is 19.3. The molecule has 0 saturated carbocycles. The second-order valence-corrected chi connectivity index (χ2v) is 7.85. The van der Waals surface area contributed by atoms with Gasteiger partial charge in [-0.1, -0.05) is 23.7 Å². The fraction of sp³-hybridized carbons (Fsp3) is 0.381. The van der Waals surface area contributed by atoms with Crippen LogP contribution < -0.4 is 5.56 Å². The Hall–Kier alpha value is -2.24. The summed E-state index contributed by atoms with van der Waals surface area (Å²) >= 11 is 6.20. The minimum Gasteiger partial charge on any atom is -0.306 e. The number of halogens is 1. The molecule has 3 heterocycles. The van der Waals surface area contributed by atoms with Crippen molar-refractivity contribution in [3.8, 4) is 11.3 Å². The zero-order valence-electron chi connectivity index (χ0n) is 15.6. The minimum absolute atomic E-state index is 0.0165. The number of pyridine rings is 1. The molecular formula is C21H23ClN4O. The average molecular weight is 383 g/mol. The molecule has 1 aliphatic rings. The molecule has 0 radical (unpaired) electrons. The van der Waals surface area contributed by atoms with Crippen LogP contribution in [0, 0.1) is 5.92 Å². The highest BCUT2D eigenvalue weighted by molar-refractivity contribution is 6.30. The molecule has 140 valence electrons. The summed E-state index contributed by atoms with van der Waals surface area (Å²) in [6.45, 7) is 4.19. The predicted molar refractivity (Wildman–Crippen MR) is 109 cm³/mol. The molecule has 1 aliphatic heterocycles. The first-order chi connectivity index (χ1) is 13.0. The van der Waals surface area contributed by atoms with E-state index in [-0.39, 0.29) is 11.6 Å². The van der Waals surface area contributed by atoms with Crippen LogP contribution >= 0.6 is 11.6 Å². The zero-order valence-corrected chi connectivity index (χ0v) is 16.4. The first-order valence-electron chi connectivity index (χ1n) is 9.36. The van der Waals surface area contributed by atoms with Crippen molar-refractivity contribution in [2.75, 3.05) is 20.1 Å². The van der Waals surface area contributed by atoms with Crippen molar-refractivity contribution in [2.45, 2.75) is 25.8 Å². The molecule has 1 fully saturated rings. The summed E-state index contributed by atoms with van der Waals surface area (Å²) in [7, 11) is 2.14. The number of rotatable bonds is 3. The maximum atomic E-state index is 13.2. The molecule has 0 N–H and O–H groups in total. The lowest BCUT2D eigenvalue weighted by Gasteiger charge is -2.33. The summed E-state index contributed by atoms with van der Waals surface area (Å²) < 4.78 is 1.66. The first kappa shape index (κ1) is 18.1.